The van der Waals surface area contributed by atoms with Crippen LogP contribution in [0.1, 0.15) is 57.1 Å². The average molecular weight is 280 g/mol. The van der Waals surface area contributed by atoms with E-state index in [1.165, 1.54) is 50.6 Å². The molecule has 0 saturated heterocycles. The van der Waals surface area contributed by atoms with Gasteiger partial charge in [0.25, 0.3) is 0 Å². The molecule has 0 amide bonds. The third kappa shape index (κ3) is 4.90. The van der Waals surface area contributed by atoms with E-state index >= 15 is 0 Å². The molecule has 1 atom stereocenters. The molecule has 1 N–H and O–H groups in total. The van der Waals surface area contributed by atoms with E-state index in [2.05, 4.69) is 41.0 Å². The van der Waals surface area contributed by atoms with Gasteiger partial charge in [-0.3, -0.25) is 0 Å². The predicted octanol–water partition coefficient (Wildman–Crippen LogP) is 4.05. The lowest BCUT2D eigenvalue weighted by Gasteiger charge is -2.31. The molecule has 0 aromatic carbocycles. The van der Waals surface area contributed by atoms with Gasteiger partial charge in [-0.25, -0.2) is 0 Å². The maximum Gasteiger partial charge on any atom is 0.0300 e. The van der Waals surface area contributed by atoms with Crippen molar-refractivity contribution >= 4 is 11.3 Å². The molecule has 0 bridgehead atoms. The highest BCUT2D eigenvalue weighted by atomic mass is 32.1. The molecular weight excluding hydrogens is 252 g/mol. The summed E-state index contributed by atoms with van der Waals surface area (Å²) < 4.78 is 0. The van der Waals surface area contributed by atoms with Crippen LogP contribution in [0, 0.1) is 0 Å². The molecule has 1 aromatic heterocycles. The van der Waals surface area contributed by atoms with Gasteiger partial charge >= 0.3 is 0 Å². The molecule has 19 heavy (non-hydrogen) atoms. The first kappa shape index (κ1) is 15.0. The van der Waals surface area contributed by atoms with E-state index in [1.807, 2.05) is 0 Å². The fourth-order valence-electron chi connectivity index (χ4n) is 2.99. The molecule has 3 heteroatoms. The van der Waals surface area contributed by atoms with E-state index in [-0.39, 0.29) is 0 Å². The van der Waals surface area contributed by atoms with E-state index in [4.69, 9.17) is 0 Å². The van der Waals surface area contributed by atoms with Crippen LogP contribution < -0.4 is 5.32 Å². The highest BCUT2D eigenvalue weighted by molar-refractivity contribution is 7.07. The Balaban J connectivity index is 1.58. The normalized spacial score (nSPS) is 18.9. The van der Waals surface area contributed by atoms with Crippen molar-refractivity contribution in [2.24, 2.45) is 0 Å². The molecule has 2 rings (SSSR count). The minimum Gasteiger partial charge on any atom is -0.310 e. The van der Waals surface area contributed by atoms with E-state index in [0.29, 0.717) is 6.04 Å². The fraction of sp³-hybridized carbons (Fsp3) is 0.750. The van der Waals surface area contributed by atoms with Crippen LogP contribution in [0.15, 0.2) is 16.8 Å². The van der Waals surface area contributed by atoms with Crippen molar-refractivity contribution in [3.05, 3.63) is 22.4 Å². The maximum absolute atomic E-state index is 3.62. The number of thiophene rings is 1. The smallest absolute Gasteiger partial charge is 0.0300 e. The largest absolute Gasteiger partial charge is 0.310 e. The van der Waals surface area contributed by atoms with Gasteiger partial charge < -0.3 is 10.2 Å². The van der Waals surface area contributed by atoms with Gasteiger partial charge in [-0.1, -0.05) is 19.3 Å². The predicted molar refractivity (Wildman–Crippen MR) is 84.9 cm³/mol. The summed E-state index contributed by atoms with van der Waals surface area (Å²) in [5.41, 5.74) is 1.42. The molecule has 0 spiro atoms. The summed E-state index contributed by atoms with van der Waals surface area (Å²) >= 11 is 1.78. The minimum absolute atomic E-state index is 0.492. The first-order valence-electron chi connectivity index (χ1n) is 7.73. The molecule has 1 aliphatic carbocycles. The van der Waals surface area contributed by atoms with Gasteiger partial charge in [-0.05, 0) is 68.7 Å². The Labute approximate surface area is 122 Å². The lowest BCUT2D eigenvalue weighted by Crippen LogP contribution is -2.35. The molecule has 2 nitrogen and oxygen atoms in total. The first-order chi connectivity index (χ1) is 9.27. The molecule has 1 fully saturated rings. The molecule has 108 valence electrons. The van der Waals surface area contributed by atoms with Crippen LogP contribution in [0.2, 0.25) is 0 Å². The molecule has 1 aromatic rings. The van der Waals surface area contributed by atoms with Crippen molar-refractivity contribution in [3.8, 4) is 0 Å². The zero-order chi connectivity index (χ0) is 13.5. The number of hydrogen-bond donors (Lipinski definition) is 1. The number of rotatable bonds is 7. The Morgan fingerprint density at radius 2 is 2.16 bits per heavy atom. The Morgan fingerprint density at radius 1 is 1.37 bits per heavy atom. The van der Waals surface area contributed by atoms with Crippen molar-refractivity contribution in [1.29, 1.82) is 0 Å². The van der Waals surface area contributed by atoms with Crippen LogP contribution in [0.3, 0.4) is 0 Å². The second-order valence-electron chi connectivity index (χ2n) is 5.86. The molecule has 0 aliphatic heterocycles. The van der Waals surface area contributed by atoms with Crippen LogP contribution in [0.5, 0.6) is 0 Å². The lowest BCUT2D eigenvalue weighted by molar-refractivity contribution is 0.189. The molecule has 1 saturated carbocycles. The molecular formula is C16H28N2S. The van der Waals surface area contributed by atoms with E-state index in [9.17, 15) is 0 Å². The summed E-state index contributed by atoms with van der Waals surface area (Å²) in [4.78, 5) is 2.58. The highest BCUT2D eigenvalue weighted by Gasteiger charge is 2.17. The maximum atomic E-state index is 3.62. The van der Waals surface area contributed by atoms with Gasteiger partial charge in [0, 0.05) is 12.1 Å². The van der Waals surface area contributed by atoms with Gasteiger partial charge in [-0.2, -0.15) is 11.3 Å². The summed E-state index contributed by atoms with van der Waals surface area (Å²) in [5, 5.41) is 8.02. The SMILES string of the molecule is CC(NCCCN(C)C1CCCCC1)c1ccsc1. The van der Waals surface area contributed by atoms with Crippen LogP contribution in [-0.2, 0) is 0 Å². The quantitative estimate of drug-likeness (QED) is 0.758. The zero-order valence-electron chi connectivity index (χ0n) is 12.4. The van der Waals surface area contributed by atoms with Crippen molar-refractivity contribution < 1.29 is 0 Å². The topological polar surface area (TPSA) is 15.3 Å². The van der Waals surface area contributed by atoms with Crippen molar-refractivity contribution in [2.75, 3.05) is 20.1 Å². The third-order valence-corrected chi connectivity index (χ3v) is 5.08. The molecule has 0 radical (unpaired) electrons. The van der Waals surface area contributed by atoms with Gasteiger partial charge in [0.1, 0.15) is 0 Å². The number of nitrogens with one attached hydrogen (secondary N) is 1. The van der Waals surface area contributed by atoms with E-state index in [0.717, 1.165) is 12.6 Å². The number of nitrogens with zero attached hydrogens (tertiary/aromatic N) is 1. The van der Waals surface area contributed by atoms with E-state index < -0.39 is 0 Å². The minimum atomic E-state index is 0.492. The third-order valence-electron chi connectivity index (χ3n) is 4.38. The monoisotopic (exact) mass is 280 g/mol. The van der Waals surface area contributed by atoms with Gasteiger partial charge in [0.2, 0.25) is 0 Å². The van der Waals surface area contributed by atoms with Crippen LogP contribution >= 0.6 is 11.3 Å². The van der Waals surface area contributed by atoms with Crippen molar-refractivity contribution in [3.63, 3.8) is 0 Å². The Morgan fingerprint density at radius 3 is 2.84 bits per heavy atom. The summed E-state index contributed by atoms with van der Waals surface area (Å²) in [7, 11) is 2.30. The van der Waals surface area contributed by atoms with Gasteiger partial charge in [-0.15, -0.1) is 0 Å². The van der Waals surface area contributed by atoms with Crippen molar-refractivity contribution in [2.45, 2.75) is 57.5 Å². The van der Waals surface area contributed by atoms with Crippen LogP contribution in [0.4, 0.5) is 0 Å². The second-order valence-corrected chi connectivity index (χ2v) is 6.64. The molecule has 1 unspecified atom stereocenters. The second kappa shape index (κ2) is 8.03. The van der Waals surface area contributed by atoms with Crippen molar-refractivity contribution in [1.82, 2.24) is 10.2 Å². The summed E-state index contributed by atoms with van der Waals surface area (Å²) in [6, 6.07) is 3.56. The van der Waals surface area contributed by atoms with Gasteiger partial charge in [0.05, 0.1) is 0 Å². The fourth-order valence-corrected chi connectivity index (χ4v) is 3.74. The zero-order valence-corrected chi connectivity index (χ0v) is 13.2. The molecule has 1 aliphatic rings. The van der Waals surface area contributed by atoms with Crippen LogP contribution in [0.25, 0.3) is 0 Å². The average Bonchev–Trinajstić information content (AvgIpc) is 2.98. The summed E-state index contributed by atoms with van der Waals surface area (Å²) in [6.07, 6.45) is 8.39. The number of hydrogen-bond acceptors (Lipinski definition) is 3. The molecule has 1 heterocycles. The standard InChI is InChI=1S/C16H28N2S/c1-14(15-9-12-19-13-15)17-10-6-11-18(2)16-7-4-3-5-8-16/h9,12-14,16-17H,3-8,10-11H2,1-2H3. The Bertz CT molecular complexity index is 331. The first-order valence-corrected chi connectivity index (χ1v) is 8.67. The van der Waals surface area contributed by atoms with Gasteiger partial charge in [0.15, 0.2) is 0 Å². The summed E-state index contributed by atoms with van der Waals surface area (Å²) in [5.74, 6) is 0. The highest BCUT2D eigenvalue weighted by Crippen LogP contribution is 2.21. The Kier molecular flexibility index (Phi) is 6.35. The van der Waals surface area contributed by atoms with E-state index in [1.54, 1.807) is 11.3 Å². The summed E-state index contributed by atoms with van der Waals surface area (Å²) in [6.45, 7) is 4.61. The Hall–Kier alpha value is -0.380. The lowest BCUT2D eigenvalue weighted by atomic mass is 9.94. The van der Waals surface area contributed by atoms with Crippen LogP contribution in [-0.4, -0.2) is 31.1 Å².